The molecule has 1 unspecified atom stereocenters. The molecule has 0 radical (unpaired) electrons. The number of piperidine rings is 1. The Morgan fingerprint density at radius 2 is 2.10 bits per heavy atom. The van der Waals surface area contributed by atoms with E-state index in [4.69, 9.17) is 5.10 Å². The van der Waals surface area contributed by atoms with Crippen molar-refractivity contribution in [1.82, 2.24) is 19.7 Å². The largest absolute Gasteiger partial charge is 0.386 e. The fraction of sp³-hybridized carbons (Fsp3) is 0.458. The van der Waals surface area contributed by atoms with Crippen molar-refractivity contribution in [3.8, 4) is 0 Å². The van der Waals surface area contributed by atoms with Gasteiger partial charge in [0.25, 0.3) is 5.91 Å². The highest BCUT2D eigenvalue weighted by Crippen LogP contribution is 2.32. The molecule has 164 valence electrons. The second-order valence-electron chi connectivity index (χ2n) is 9.12. The number of benzene rings is 1. The molecule has 1 fully saturated rings. The van der Waals surface area contributed by atoms with E-state index in [1.165, 1.54) is 19.3 Å². The van der Waals surface area contributed by atoms with Crippen LogP contribution in [-0.4, -0.2) is 50.3 Å². The van der Waals surface area contributed by atoms with Crippen molar-refractivity contribution in [2.24, 2.45) is 0 Å². The van der Waals surface area contributed by atoms with E-state index in [9.17, 15) is 9.90 Å². The van der Waals surface area contributed by atoms with Gasteiger partial charge in [-0.3, -0.25) is 9.48 Å². The Labute approximate surface area is 183 Å². The predicted octanol–water partition coefficient (Wildman–Crippen LogP) is 3.70. The molecule has 0 saturated carbocycles. The molecule has 3 aromatic rings. The van der Waals surface area contributed by atoms with Gasteiger partial charge in [0.15, 0.2) is 0 Å². The van der Waals surface area contributed by atoms with E-state index < -0.39 is 5.60 Å². The number of likely N-dealkylation sites (tertiary alicyclic amines) is 1. The van der Waals surface area contributed by atoms with Crippen molar-refractivity contribution in [2.75, 3.05) is 18.9 Å². The molecule has 31 heavy (non-hydrogen) atoms. The van der Waals surface area contributed by atoms with Crippen LogP contribution >= 0.6 is 0 Å². The maximum absolute atomic E-state index is 12.8. The maximum atomic E-state index is 12.8. The van der Waals surface area contributed by atoms with Gasteiger partial charge in [-0.05, 0) is 71.5 Å². The van der Waals surface area contributed by atoms with Crippen LogP contribution in [0.2, 0.25) is 0 Å². The Balaban J connectivity index is 1.66. The summed E-state index contributed by atoms with van der Waals surface area (Å²) < 4.78 is 1.99. The average molecular weight is 422 g/mol. The zero-order chi connectivity index (χ0) is 22.2. The van der Waals surface area contributed by atoms with Gasteiger partial charge in [-0.2, -0.15) is 5.10 Å². The number of fused-ring (bicyclic) bond motifs is 1. The monoisotopic (exact) mass is 421 g/mol. The van der Waals surface area contributed by atoms with Crippen LogP contribution in [0, 0.1) is 6.92 Å². The molecule has 1 atom stereocenters. The molecule has 3 heterocycles. The van der Waals surface area contributed by atoms with E-state index in [0.717, 1.165) is 29.7 Å². The third-order valence-corrected chi connectivity index (χ3v) is 6.04. The van der Waals surface area contributed by atoms with E-state index in [-0.39, 0.29) is 5.91 Å². The number of aliphatic hydroxyl groups is 1. The molecule has 0 spiro atoms. The van der Waals surface area contributed by atoms with E-state index >= 15 is 0 Å². The standard InChI is InChI=1S/C24H31N5O2/c1-16-8-7-10-20(25-16)23(30)26-22-12-17-14-29(15-18-9-5-6-11-28(18)4)27-21(17)13-19(22)24(2,3)31/h7-8,10,12-14,18,31H,5-6,9,11,15H2,1-4H3,(H,26,30). The summed E-state index contributed by atoms with van der Waals surface area (Å²) in [6, 6.07) is 9.58. The zero-order valence-electron chi connectivity index (χ0n) is 18.7. The Morgan fingerprint density at radius 1 is 1.29 bits per heavy atom. The first kappa shape index (κ1) is 21.5. The van der Waals surface area contributed by atoms with E-state index in [2.05, 4.69) is 22.2 Å². The summed E-state index contributed by atoms with van der Waals surface area (Å²) in [7, 11) is 2.17. The molecule has 1 aliphatic heterocycles. The van der Waals surface area contributed by atoms with E-state index in [0.29, 0.717) is 23.0 Å². The number of anilines is 1. The molecule has 1 aromatic carbocycles. The van der Waals surface area contributed by atoms with E-state index in [1.807, 2.05) is 42.1 Å². The predicted molar refractivity (Wildman–Crippen MR) is 122 cm³/mol. The Morgan fingerprint density at radius 3 is 2.81 bits per heavy atom. The number of rotatable bonds is 5. The highest BCUT2D eigenvalue weighted by molar-refractivity contribution is 6.04. The summed E-state index contributed by atoms with van der Waals surface area (Å²) in [5.74, 6) is -0.301. The van der Waals surface area contributed by atoms with Gasteiger partial charge in [0.2, 0.25) is 0 Å². The molecule has 7 heteroatoms. The lowest BCUT2D eigenvalue weighted by Gasteiger charge is -2.32. The van der Waals surface area contributed by atoms with Gasteiger partial charge >= 0.3 is 0 Å². The zero-order valence-corrected chi connectivity index (χ0v) is 18.7. The number of nitrogens with one attached hydrogen (secondary N) is 1. The summed E-state index contributed by atoms with van der Waals surface area (Å²) in [6.45, 7) is 7.23. The van der Waals surface area contributed by atoms with Gasteiger partial charge in [-0.25, -0.2) is 4.98 Å². The summed E-state index contributed by atoms with van der Waals surface area (Å²) in [5.41, 5.74) is 1.99. The van der Waals surface area contributed by atoms with Crippen molar-refractivity contribution >= 4 is 22.5 Å². The van der Waals surface area contributed by atoms with Crippen LogP contribution in [0.1, 0.15) is 54.9 Å². The number of carbonyl (C=O) groups is 1. The van der Waals surface area contributed by atoms with Gasteiger partial charge in [-0.15, -0.1) is 0 Å². The maximum Gasteiger partial charge on any atom is 0.274 e. The van der Waals surface area contributed by atoms with Crippen LogP contribution in [0.3, 0.4) is 0 Å². The molecule has 0 aliphatic carbocycles. The summed E-state index contributed by atoms with van der Waals surface area (Å²) in [5, 5.41) is 19.4. The Kier molecular flexibility index (Phi) is 5.81. The number of aromatic nitrogens is 3. The summed E-state index contributed by atoms with van der Waals surface area (Å²) in [4.78, 5) is 19.5. The van der Waals surface area contributed by atoms with Crippen molar-refractivity contribution < 1.29 is 9.90 Å². The molecule has 7 nitrogen and oxygen atoms in total. The number of carbonyl (C=O) groups excluding carboxylic acids is 1. The number of aryl methyl sites for hydroxylation is 1. The first-order chi connectivity index (χ1) is 14.7. The highest BCUT2D eigenvalue weighted by Gasteiger charge is 2.24. The summed E-state index contributed by atoms with van der Waals surface area (Å²) >= 11 is 0. The van der Waals surface area contributed by atoms with Crippen LogP contribution < -0.4 is 5.32 Å². The summed E-state index contributed by atoms with van der Waals surface area (Å²) in [6.07, 6.45) is 5.70. The Hall–Kier alpha value is -2.77. The lowest BCUT2D eigenvalue weighted by Crippen LogP contribution is -2.39. The fourth-order valence-corrected chi connectivity index (χ4v) is 4.27. The minimum atomic E-state index is -1.13. The highest BCUT2D eigenvalue weighted by atomic mass is 16.3. The molecule has 0 bridgehead atoms. The quantitative estimate of drug-likeness (QED) is 0.656. The van der Waals surface area contributed by atoms with Gasteiger partial charge in [-0.1, -0.05) is 12.5 Å². The first-order valence-corrected chi connectivity index (χ1v) is 10.9. The first-order valence-electron chi connectivity index (χ1n) is 10.9. The lowest BCUT2D eigenvalue weighted by molar-refractivity contribution is 0.0793. The molecule has 1 aliphatic rings. The van der Waals surface area contributed by atoms with Gasteiger partial charge in [0.1, 0.15) is 5.69 Å². The molecule has 2 aromatic heterocycles. The normalized spacial score (nSPS) is 17.8. The van der Waals surface area contributed by atoms with Crippen molar-refractivity contribution in [1.29, 1.82) is 0 Å². The molecule has 4 rings (SSSR count). The molecular weight excluding hydrogens is 390 g/mol. The number of hydrogen-bond acceptors (Lipinski definition) is 5. The van der Waals surface area contributed by atoms with Crippen LogP contribution in [0.25, 0.3) is 10.9 Å². The van der Waals surface area contributed by atoms with Crippen molar-refractivity contribution in [3.05, 3.63) is 53.5 Å². The van der Waals surface area contributed by atoms with Crippen LogP contribution in [0.4, 0.5) is 5.69 Å². The topological polar surface area (TPSA) is 83.3 Å². The third kappa shape index (κ3) is 4.78. The van der Waals surface area contributed by atoms with Crippen LogP contribution in [-0.2, 0) is 12.1 Å². The lowest BCUT2D eigenvalue weighted by atomic mass is 9.95. The van der Waals surface area contributed by atoms with Crippen LogP contribution in [0.5, 0.6) is 0 Å². The minimum absolute atomic E-state index is 0.301. The second-order valence-corrected chi connectivity index (χ2v) is 9.12. The molecule has 2 N–H and O–H groups in total. The van der Waals surface area contributed by atoms with Gasteiger partial charge < -0.3 is 15.3 Å². The fourth-order valence-electron chi connectivity index (χ4n) is 4.27. The smallest absolute Gasteiger partial charge is 0.274 e. The molecule has 1 saturated heterocycles. The van der Waals surface area contributed by atoms with Crippen molar-refractivity contribution in [2.45, 2.75) is 58.2 Å². The van der Waals surface area contributed by atoms with Gasteiger partial charge in [0.05, 0.1) is 17.7 Å². The minimum Gasteiger partial charge on any atom is -0.386 e. The number of likely N-dealkylation sites (N-methyl/N-ethyl adjacent to an activating group) is 1. The molecular formula is C24H31N5O2. The average Bonchev–Trinajstić information content (AvgIpc) is 3.09. The van der Waals surface area contributed by atoms with Crippen LogP contribution in [0.15, 0.2) is 36.5 Å². The third-order valence-electron chi connectivity index (χ3n) is 6.04. The van der Waals surface area contributed by atoms with E-state index in [1.54, 1.807) is 19.9 Å². The number of amides is 1. The number of hydrogen-bond donors (Lipinski definition) is 2. The number of pyridine rings is 1. The van der Waals surface area contributed by atoms with Gasteiger partial charge in [0, 0.05) is 34.6 Å². The number of nitrogens with zero attached hydrogens (tertiary/aromatic N) is 4. The van der Waals surface area contributed by atoms with Crippen molar-refractivity contribution in [3.63, 3.8) is 0 Å². The SMILES string of the molecule is Cc1cccc(C(=O)Nc2cc3cn(CC4CCCCN4C)nc3cc2C(C)(C)O)n1. The molecule has 1 amide bonds. The Bertz CT molecular complexity index is 1100. The second kappa shape index (κ2) is 8.40.